The van der Waals surface area contributed by atoms with Gasteiger partial charge in [-0.2, -0.15) is 0 Å². The van der Waals surface area contributed by atoms with Gasteiger partial charge < -0.3 is 24.2 Å². The lowest BCUT2D eigenvalue weighted by Gasteiger charge is -2.21. The second-order valence-electron chi connectivity index (χ2n) is 5.89. The fraction of sp³-hybridized carbons (Fsp3) is 0.300. The predicted octanol–water partition coefficient (Wildman–Crippen LogP) is 4.47. The Morgan fingerprint density at radius 2 is 1.79 bits per heavy atom. The van der Waals surface area contributed by atoms with Crippen molar-refractivity contribution in [3.8, 4) is 17.2 Å². The van der Waals surface area contributed by atoms with E-state index in [4.69, 9.17) is 19.3 Å². The predicted molar refractivity (Wildman–Crippen MR) is 107 cm³/mol. The molecule has 0 aromatic heterocycles. The molecule has 0 heterocycles. The minimum Gasteiger partial charge on any atom is -0.493 e. The van der Waals surface area contributed by atoms with Crippen molar-refractivity contribution < 1.29 is 28.9 Å². The first-order chi connectivity index (χ1) is 13.4. The SMILES string of the molecule is CCN(Cc1cc(Br)ccc1Oc1cc(CC(=O)O)ccc1OC)C(=O)OC. The fourth-order valence-electron chi connectivity index (χ4n) is 2.62. The standard InChI is InChI=1S/C20H22BrNO6/c1-4-22(20(25)27-3)12-14-11-15(21)6-8-16(14)28-18-9-13(10-19(23)24)5-7-17(18)26-2/h5-9,11H,4,10,12H2,1-3H3,(H,23,24). The van der Waals surface area contributed by atoms with Crippen LogP contribution in [0, 0.1) is 0 Å². The van der Waals surface area contributed by atoms with Gasteiger partial charge in [0.2, 0.25) is 0 Å². The second kappa shape index (κ2) is 9.98. The van der Waals surface area contributed by atoms with E-state index in [1.165, 1.54) is 19.1 Å². The summed E-state index contributed by atoms with van der Waals surface area (Å²) in [5, 5.41) is 9.02. The van der Waals surface area contributed by atoms with Gasteiger partial charge >= 0.3 is 12.1 Å². The molecule has 0 atom stereocenters. The lowest BCUT2D eigenvalue weighted by Crippen LogP contribution is -2.30. The molecule has 8 heteroatoms. The van der Waals surface area contributed by atoms with Crippen molar-refractivity contribution >= 4 is 28.0 Å². The Balaban J connectivity index is 2.38. The van der Waals surface area contributed by atoms with Crippen LogP contribution < -0.4 is 9.47 Å². The number of nitrogens with zero attached hydrogens (tertiary/aromatic N) is 1. The van der Waals surface area contributed by atoms with Gasteiger partial charge in [0.1, 0.15) is 5.75 Å². The number of ether oxygens (including phenoxy) is 3. The lowest BCUT2D eigenvalue weighted by atomic mass is 10.1. The van der Waals surface area contributed by atoms with Crippen LogP contribution in [0.3, 0.4) is 0 Å². The Morgan fingerprint density at radius 1 is 1.07 bits per heavy atom. The number of halogens is 1. The summed E-state index contributed by atoms with van der Waals surface area (Å²) in [6.45, 7) is 2.61. The Hall–Kier alpha value is -2.74. The van der Waals surface area contributed by atoms with Gasteiger partial charge in [-0.25, -0.2) is 4.79 Å². The first-order valence-corrected chi connectivity index (χ1v) is 9.35. The Bertz CT molecular complexity index is 855. The quantitative estimate of drug-likeness (QED) is 0.637. The van der Waals surface area contributed by atoms with Crippen molar-refractivity contribution in [3.63, 3.8) is 0 Å². The van der Waals surface area contributed by atoms with Gasteiger partial charge in [0.05, 0.1) is 27.2 Å². The summed E-state index contributed by atoms with van der Waals surface area (Å²) in [7, 11) is 2.85. The smallest absolute Gasteiger partial charge is 0.409 e. The highest BCUT2D eigenvalue weighted by Crippen LogP contribution is 2.35. The third-order valence-corrected chi connectivity index (χ3v) is 4.49. The molecule has 1 N–H and O–H groups in total. The van der Waals surface area contributed by atoms with Crippen molar-refractivity contribution in [2.75, 3.05) is 20.8 Å². The maximum atomic E-state index is 11.9. The molecule has 0 aliphatic carbocycles. The molecule has 2 aromatic carbocycles. The van der Waals surface area contributed by atoms with Gasteiger partial charge in [-0.15, -0.1) is 0 Å². The number of carbonyl (C=O) groups excluding carboxylic acids is 1. The van der Waals surface area contributed by atoms with Crippen LogP contribution >= 0.6 is 15.9 Å². The second-order valence-corrected chi connectivity index (χ2v) is 6.81. The van der Waals surface area contributed by atoms with Crippen LogP contribution in [0.25, 0.3) is 0 Å². The van der Waals surface area contributed by atoms with E-state index in [-0.39, 0.29) is 13.0 Å². The summed E-state index contributed by atoms with van der Waals surface area (Å²) in [5.41, 5.74) is 1.35. The molecular weight excluding hydrogens is 430 g/mol. The van der Waals surface area contributed by atoms with E-state index in [2.05, 4.69) is 15.9 Å². The zero-order valence-electron chi connectivity index (χ0n) is 15.9. The van der Waals surface area contributed by atoms with Gasteiger partial charge in [-0.3, -0.25) is 4.79 Å². The Kier molecular flexibility index (Phi) is 7.69. The van der Waals surface area contributed by atoms with Gasteiger partial charge in [0.25, 0.3) is 0 Å². The van der Waals surface area contributed by atoms with E-state index in [9.17, 15) is 9.59 Å². The molecule has 0 bridgehead atoms. The highest BCUT2D eigenvalue weighted by Gasteiger charge is 2.17. The maximum absolute atomic E-state index is 11.9. The molecule has 0 aliphatic rings. The number of carboxylic acids is 1. The third kappa shape index (κ3) is 5.63. The number of amides is 1. The fourth-order valence-corrected chi connectivity index (χ4v) is 3.02. The molecule has 1 amide bonds. The number of carbonyl (C=O) groups is 2. The molecule has 0 spiro atoms. The highest BCUT2D eigenvalue weighted by molar-refractivity contribution is 9.10. The van der Waals surface area contributed by atoms with E-state index >= 15 is 0 Å². The average molecular weight is 452 g/mol. The molecule has 0 saturated carbocycles. The Labute approximate surface area is 171 Å². The monoisotopic (exact) mass is 451 g/mol. The first-order valence-electron chi connectivity index (χ1n) is 8.55. The number of methoxy groups -OCH3 is 2. The van der Waals surface area contributed by atoms with Crippen molar-refractivity contribution in [1.29, 1.82) is 0 Å². The summed E-state index contributed by atoms with van der Waals surface area (Å²) in [5.74, 6) is 0.461. The van der Waals surface area contributed by atoms with Crippen LogP contribution in [-0.2, 0) is 22.5 Å². The van der Waals surface area contributed by atoms with Crippen LogP contribution in [0.1, 0.15) is 18.1 Å². The maximum Gasteiger partial charge on any atom is 0.409 e. The van der Waals surface area contributed by atoms with E-state index in [0.717, 1.165) is 10.0 Å². The van der Waals surface area contributed by atoms with Crippen LogP contribution in [0.5, 0.6) is 17.2 Å². The number of benzene rings is 2. The summed E-state index contributed by atoms with van der Waals surface area (Å²) >= 11 is 3.43. The van der Waals surface area contributed by atoms with E-state index in [1.54, 1.807) is 24.3 Å². The molecule has 0 saturated heterocycles. The summed E-state index contributed by atoms with van der Waals surface area (Å²) in [6.07, 6.45) is -0.561. The van der Waals surface area contributed by atoms with Crippen LogP contribution in [0.15, 0.2) is 40.9 Å². The summed E-state index contributed by atoms with van der Waals surface area (Å²) in [6, 6.07) is 10.4. The minimum atomic E-state index is -0.933. The van der Waals surface area contributed by atoms with Crippen molar-refractivity contribution in [2.45, 2.75) is 19.9 Å². The molecule has 0 aliphatic heterocycles. The largest absolute Gasteiger partial charge is 0.493 e. The van der Waals surface area contributed by atoms with Crippen molar-refractivity contribution in [2.24, 2.45) is 0 Å². The summed E-state index contributed by atoms with van der Waals surface area (Å²) < 4.78 is 17.0. The minimum absolute atomic E-state index is 0.125. The zero-order chi connectivity index (χ0) is 20.7. The molecule has 0 unspecified atom stereocenters. The van der Waals surface area contributed by atoms with Gasteiger partial charge in [-0.05, 0) is 42.8 Å². The molecule has 0 fully saturated rings. The number of hydrogen-bond acceptors (Lipinski definition) is 5. The molecule has 2 aromatic rings. The van der Waals surface area contributed by atoms with Gasteiger partial charge in [0, 0.05) is 16.6 Å². The molecular formula is C20H22BrNO6. The molecule has 150 valence electrons. The van der Waals surface area contributed by atoms with Gasteiger partial charge in [0.15, 0.2) is 11.5 Å². The van der Waals surface area contributed by atoms with E-state index in [0.29, 0.717) is 29.4 Å². The topological polar surface area (TPSA) is 85.3 Å². The first kappa shape index (κ1) is 21.6. The number of carboxylic acid groups (broad SMARTS) is 1. The van der Waals surface area contributed by atoms with Crippen LogP contribution in [0.2, 0.25) is 0 Å². The molecule has 2 rings (SSSR count). The third-order valence-electron chi connectivity index (χ3n) is 4.00. The average Bonchev–Trinajstić information content (AvgIpc) is 2.67. The van der Waals surface area contributed by atoms with E-state index < -0.39 is 12.1 Å². The number of hydrogen-bond donors (Lipinski definition) is 1. The van der Waals surface area contributed by atoms with E-state index in [1.807, 2.05) is 19.1 Å². The van der Waals surface area contributed by atoms with Crippen LogP contribution in [0.4, 0.5) is 4.79 Å². The molecule has 7 nitrogen and oxygen atoms in total. The molecule has 28 heavy (non-hydrogen) atoms. The normalized spacial score (nSPS) is 10.3. The van der Waals surface area contributed by atoms with Crippen molar-refractivity contribution in [1.82, 2.24) is 4.90 Å². The number of aliphatic carboxylic acids is 1. The zero-order valence-corrected chi connectivity index (χ0v) is 17.5. The van der Waals surface area contributed by atoms with Gasteiger partial charge in [-0.1, -0.05) is 22.0 Å². The van der Waals surface area contributed by atoms with Crippen LogP contribution in [-0.4, -0.2) is 42.8 Å². The van der Waals surface area contributed by atoms with Crippen molar-refractivity contribution in [3.05, 3.63) is 52.0 Å². The molecule has 0 radical (unpaired) electrons. The number of rotatable bonds is 8. The Morgan fingerprint density at radius 3 is 2.39 bits per heavy atom. The summed E-state index contributed by atoms with van der Waals surface area (Å²) in [4.78, 5) is 24.5. The lowest BCUT2D eigenvalue weighted by molar-refractivity contribution is -0.136. The highest BCUT2D eigenvalue weighted by atomic mass is 79.9.